The van der Waals surface area contributed by atoms with Gasteiger partial charge in [0, 0.05) is 38.1 Å². The van der Waals surface area contributed by atoms with E-state index < -0.39 is 0 Å². The van der Waals surface area contributed by atoms with E-state index in [1.54, 1.807) is 0 Å². The molecule has 1 aliphatic carbocycles. The minimum absolute atomic E-state index is 0.373. The monoisotopic (exact) mass is 665 g/mol. The van der Waals surface area contributed by atoms with Crippen LogP contribution in [0.4, 0.5) is 22.7 Å². The molecule has 2 N–H and O–H groups in total. The molecule has 0 atom stereocenters. The van der Waals surface area contributed by atoms with Gasteiger partial charge in [0.2, 0.25) is 0 Å². The summed E-state index contributed by atoms with van der Waals surface area (Å²) < 4.78 is 0. The number of hydrogen-bond acceptors (Lipinski definition) is 4. The van der Waals surface area contributed by atoms with Crippen LogP contribution in [0, 0.1) is 0 Å². The fourth-order valence-electron chi connectivity index (χ4n) is 6.97. The fraction of sp³-hybridized carbons (Fsp3) is 0.111. The molecule has 0 saturated carbocycles. The predicted molar refractivity (Wildman–Crippen MR) is 218 cm³/mol. The predicted octanol–water partition coefficient (Wildman–Crippen LogP) is 11.2. The molecule has 2 aliphatic heterocycles. The minimum Gasteiger partial charge on any atom is -0.362 e. The van der Waals surface area contributed by atoms with Crippen LogP contribution in [0.1, 0.15) is 49.3 Å². The highest BCUT2D eigenvalue weighted by Crippen LogP contribution is 2.47. The molecule has 8 rings (SSSR count). The summed E-state index contributed by atoms with van der Waals surface area (Å²) in [4.78, 5) is 5.09. The first kappa shape index (κ1) is 31.9. The van der Waals surface area contributed by atoms with Gasteiger partial charge < -0.3 is 15.5 Å². The summed E-state index contributed by atoms with van der Waals surface area (Å²) in [5, 5.41) is 7.48. The Labute approximate surface area is 301 Å². The average Bonchev–Trinajstić information content (AvgIpc) is 3.15. The Hall–Kier alpha value is -5.39. The van der Waals surface area contributed by atoms with Crippen LogP contribution >= 0.6 is 11.8 Å². The van der Waals surface area contributed by atoms with E-state index in [0.29, 0.717) is 5.92 Å². The van der Waals surface area contributed by atoms with Crippen LogP contribution in [0.25, 0.3) is 11.6 Å². The van der Waals surface area contributed by atoms with Gasteiger partial charge in [-0.15, -0.1) is 0 Å². The standard InChI is InChI=1S/C45H40BN3S/c1-31(2)32-27-33-28-38(49(36-17-8-4-9-18-36)37-19-10-5-11-20-37)26-25-34(30-47-35-15-6-3-7-16-35)46-44(33)40(29-32)39-21-14-24-43-45(39)48-41-22-12-13-23-42(41)50-43/h3-13,15-23,25-31,46-48H,14,24H2,1-2H3/b26-25-,34-30-,38-28+. The molecule has 0 fully saturated rings. The topological polar surface area (TPSA) is 27.3 Å². The lowest BCUT2D eigenvalue weighted by molar-refractivity contribution is 0.866. The molecule has 0 aromatic heterocycles. The highest BCUT2D eigenvalue weighted by Gasteiger charge is 2.28. The SMILES string of the molecule is CC(C)c1cc2c(c(C3=CCCC4=C3Nc3ccccc3S4)c1)BC(=C\Nc1ccccc1)/C=C\C(N(c1ccccc1)c1ccccc1)=C/2. The van der Waals surface area contributed by atoms with Crippen molar-refractivity contribution < 1.29 is 0 Å². The summed E-state index contributed by atoms with van der Waals surface area (Å²) in [5.74, 6) is 0.373. The van der Waals surface area contributed by atoms with Crippen molar-refractivity contribution in [2.24, 2.45) is 0 Å². The van der Waals surface area contributed by atoms with Crippen molar-refractivity contribution in [3.05, 3.63) is 190 Å². The lowest BCUT2D eigenvalue weighted by Crippen LogP contribution is -2.28. The summed E-state index contributed by atoms with van der Waals surface area (Å²) in [7, 11) is 0.795. The smallest absolute Gasteiger partial charge is 0.195 e. The van der Waals surface area contributed by atoms with Crippen LogP contribution in [0.3, 0.4) is 0 Å². The number of rotatable bonds is 7. The summed E-state index contributed by atoms with van der Waals surface area (Å²) in [5.41, 5.74) is 14.6. The molecule has 0 radical (unpaired) electrons. The molecule has 50 heavy (non-hydrogen) atoms. The summed E-state index contributed by atoms with van der Waals surface area (Å²) in [6.07, 6.45) is 13.7. The van der Waals surface area contributed by atoms with Gasteiger partial charge in [-0.3, -0.25) is 0 Å². The van der Waals surface area contributed by atoms with Crippen molar-refractivity contribution >= 4 is 58.9 Å². The van der Waals surface area contributed by atoms with E-state index in [2.05, 4.69) is 187 Å². The molecule has 0 amide bonds. The number of para-hydroxylation sites is 4. The first-order valence-corrected chi connectivity index (χ1v) is 18.4. The van der Waals surface area contributed by atoms with Gasteiger partial charge in [-0.05, 0) is 102 Å². The Morgan fingerprint density at radius 2 is 1.48 bits per heavy atom. The Balaban J connectivity index is 1.33. The number of hydrogen-bond donors (Lipinski definition) is 2. The highest BCUT2D eigenvalue weighted by molar-refractivity contribution is 8.03. The zero-order valence-corrected chi connectivity index (χ0v) is 29.4. The van der Waals surface area contributed by atoms with Crippen molar-refractivity contribution in [1.29, 1.82) is 0 Å². The molecular formula is C45H40BN3S. The minimum atomic E-state index is 0.373. The van der Waals surface area contributed by atoms with E-state index >= 15 is 0 Å². The van der Waals surface area contributed by atoms with Crippen molar-refractivity contribution in [2.45, 2.75) is 37.5 Å². The third-order valence-corrected chi connectivity index (χ3v) is 10.8. The van der Waals surface area contributed by atoms with Gasteiger partial charge in [0.05, 0.1) is 11.4 Å². The molecule has 5 heteroatoms. The quantitative estimate of drug-likeness (QED) is 0.169. The van der Waals surface area contributed by atoms with Gasteiger partial charge in [-0.25, -0.2) is 0 Å². The second-order valence-corrected chi connectivity index (χ2v) is 14.4. The van der Waals surface area contributed by atoms with Crippen molar-refractivity contribution in [2.75, 3.05) is 15.5 Å². The van der Waals surface area contributed by atoms with Gasteiger partial charge in [0.25, 0.3) is 0 Å². The van der Waals surface area contributed by atoms with Crippen LogP contribution in [0.15, 0.2) is 178 Å². The van der Waals surface area contributed by atoms with Crippen molar-refractivity contribution in [1.82, 2.24) is 0 Å². The molecular weight excluding hydrogens is 625 g/mol. The zero-order chi connectivity index (χ0) is 33.9. The summed E-state index contributed by atoms with van der Waals surface area (Å²) >= 11 is 1.93. The molecule has 3 aliphatic rings. The van der Waals surface area contributed by atoms with Crippen LogP contribution in [0.5, 0.6) is 0 Å². The van der Waals surface area contributed by atoms with Gasteiger partial charge in [-0.1, -0.05) is 128 Å². The average molecular weight is 666 g/mol. The molecule has 0 saturated heterocycles. The molecule has 0 unspecified atom stereocenters. The normalized spacial score (nSPS) is 17.5. The van der Waals surface area contributed by atoms with Gasteiger partial charge in [-0.2, -0.15) is 0 Å². The van der Waals surface area contributed by atoms with E-state index in [4.69, 9.17) is 0 Å². The Morgan fingerprint density at radius 1 is 0.800 bits per heavy atom. The highest BCUT2D eigenvalue weighted by atomic mass is 32.2. The van der Waals surface area contributed by atoms with Crippen LogP contribution in [0.2, 0.25) is 0 Å². The molecule has 2 heterocycles. The molecule has 5 aromatic rings. The van der Waals surface area contributed by atoms with E-state index in [1.807, 2.05) is 11.8 Å². The number of anilines is 4. The maximum Gasteiger partial charge on any atom is 0.195 e. The van der Waals surface area contributed by atoms with E-state index in [1.165, 1.54) is 54.4 Å². The lowest BCUT2D eigenvalue weighted by atomic mass is 9.58. The van der Waals surface area contributed by atoms with E-state index in [-0.39, 0.29) is 0 Å². The molecule has 244 valence electrons. The third kappa shape index (κ3) is 6.62. The second kappa shape index (κ2) is 14.2. The largest absolute Gasteiger partial charge is 0.362 e. The first-order valence-electron chi connectivity index (χ1n) is 17.6. The first-order chi connectivity index (χ1) is 24.6. The van der Waals surface area contributed by atoms with E-state index in [0.717, 1.165) is 42.9 Å². The van der Waals surface area contributed by atoms with Crippen LogP contribution < -0.4 is 21.0 Å². The molecule has 3 nitrogen and oxygen atoms in total. The Morgan fingerprint density at radius 3 is 2.20 bits per heavy atom. The number of nitrogens with zero attached hydrogens (tertiary/aromatic N) is 1. The van der Waals surface area contributed by atoms with Crippen molar-refractivity contribution in [3.8, 4) is 0 Å². The fourth-order valence-corrected chi connectivity index (χ4v) is 8.09. The number of nitrogens with one attached hydrogen (secondary N) is 2. The zero-order valence-electron chi connectivity index (χ0n) is 28.6. The number of allylic oxidation sites excluding steroid dienone is 6. The number of thioether (sulfide) groups is 1. The molecule has 0 bridgehead atoms. The lowest BCUT2D eigenvalue weighted by Gasteiger charge is -2.31. The van der Waals surface area contributed by atoms with Crippen molar-refractivity contribution in [3.63, 3.8) is 0 Å². The second-order valence-electron chi connectivity index (χ2n) is 13.3. The van der Waals surface area contributed by atoms with Crippen LogP contribution in [-0.4, -0.2) is 7.28 Å². The maximum absolute atomic E-state index is 3.88. The van der Waals surface area contributed by atoms with E-state index in [9.17, 15) is 0 Å². The van der Waals surface area contributed by atoms with Crippen LogP contribution in [-0.2, 0) is 0 Å². The third-order valence-electron chi connectivity index (χ3n) is 9.55. The Kier molecular flexibility index (Phi) is 9.06. The van der Waals surface area contributed by atoms with Gasteiger partial charge in [0.15, 0.2) is 7.28 Å². The molecule has 0 spiro atoms. The number of fused-ring (bicyclic) bond motifs is 2. The van der Waals surface area contributed by atoms with Gasteiger partial charge in [0.1, 0.15) is 0 Å². The molecule has 5 aromatic carbocycles. The van der Waals surface area contributed by atoms with Gasteiger partial charge >= 0.3 is 0 Å². The Bertz CT molecular complexity index is 2140. The maximum atomic E-state index is 3.88. The number of benzene rings is 5. The summed E-state index contributed by atoms with van der Waals surface area (Å²) in [6, 6.07) is 45.4. The summed E-state index contributed by atoms with van der Waals surface area (Å²) in [6.45, 7) is 4.61.